The van der Waals surface area contributed by atoms with E-state index < -0.39 is 48.8 Å². The van der Waals surface area contributed by atoms with E-state index in [0.717, 1.165) is 32.1 Å². The molecule has 0 aromatic heterocycles. The van der Waals surface area contributed by atoms with Crippen LogP contribution < -0.4 is 0 Å². The number of aliphatic hydroxyl groups is 4. The summed E-state index contributed by atoms with van der Waals surface area (Å²) in [5.41, 5.74) is -1.13. The second kappa shape index (κ2) is 13.5. The van der Waals surface area contributed by atoms with E-state index in [2.05, 4.69) is 34.6 Å². The minimum atomic E-state index is -1.50. The Labute approximate surface area is 295 Å². The molecular formula is C38H60O12. The van der Waals surface area contributed by atoms with Crippen molar-refractivity contribution >= 4 is 17.9 Å². The molecule has 3 aliphatic heterocycles. The monoisotopic (exact) mass is 708 g/mol. The van der Waals surface area contributed by atoms with Crippen LogP contribution in [0.15, 0.2) is 0 Å². The first-order chi connectivity index (χ1) is 23.4. The predicted molar refractivity (Wildman–Crippen MR) is 178 cm³/mol. The van der Waals surface area contributed by atoms with Crippen molar-refractivity contribution in [3.05, 3.63) is 0 Å². The van der Waals surface area contributed by atoms with Gasteiger partial charge in [0.25, 0.3) is 0 Å². The van der Waals surface area contributed by atoms with E-state index >= 15 is 0 Å². The second-order valence-electron chi connectivity index (χ2n) is 17.9. The van der Waals surface area contributed by atoms with E-state index in [-0.39, 0.29) is 76.0 Å². The van der Waals surface area contributed by atoms with Gasteiger partial charge in [0.1, 0.15) is 36.6 Å². The molecule has 12 heteroatoms. The van der Waals surface area contributed by atoms with E-state index in [4.69, 9.17) is 23.7 Å². The van der Waals surface area contributed by atoms with Gasteiger partial charge in [-0.3, -0.25) is 14.4 Å². The summed E-state index contributed by atoms with van der Waals surface area (Å²) in [5.74, 6) is -0.478. The van der Waals surface area contributed by atoms with Gasteiger partial charge in [0.05, 0.1) is 31.7 Å². The van der Waals surface area contributed by atoms with Crippen LogP contribution in [0.5, 0.6) is 0 Å². The van der Waals surface area contributed by atoms with Gasteiger partial charge in [-0.05, 0) is 84.9 Å². The van der Waals surface area contributed by atoms with Crippen molar-refractivity contribution in [2.45, 2.75) is 155 Å². The lowest BCUT2D eigenvalue weighted by Crippen LogP contribution is -2.67. The molecule has 0 unspecified atom stereocenters. The summed E-state index contributed by atoms with van der Waals surface area (Å²) in [6.45, 7) is 14.4. The number of ether oxygens (including phenoxy) is 5. The number of hydrogen-bond acceptors (Lipinski definition) is 12. The Morgan fingerprint density at radius 2 is 1.70 bits per heavy atom. The molecule has 3 saturated heterocycles. The van der Waals surface area contributed by atoms with Crippen LogP contribution >= 0.6 is 0 Å². The Bertz CT molecular complexity index is 1300. The molecule has 50 heavy (non-hydrogen) atoms. The fraction of sp³-hybridized carbons (Fsp3) is 0.921. The molecule has 6 aliphatic rings. The van der Waals surface area contributed by atoms with Gasteiger partial charge in [0, 0.05) is 18.8 Å². The summed E-state index contributed by atoms with van der Waals surface area (Å²) in [6.07, 6.45) is -1.22. The Morgan fingerprint density at radius 3 is 2.30 bits per heavy atom. The van der Waals surface area contributed by atoms with Gasteiger partial charge >= 0.3 is 17.9 Å². The zero-order chi connectivity index (χ0) is 36.6. The maximum atomic E-state index is 13.1. The van der Waals surface area contributed by atoms with Gasteiger partial charge in [-0.2, -0.15) is 0 Å². The molecule has 6 rings (SSSR count). The van der Waals surface area contributed by atoms with Gasteiger partial charge in [-0.15, -0.1) is 0 Å². The van der Waals surface area contributed by atoms with E-state index in [9.17, 15) is 34.8 Å². The molecule has 0 radical (unpaired) electrons. The van der Waals surface area contributed by atoms with Gasteiger partial charge in [0.15, 0.2) is 6.29 Å². The smallest absolute Gasteiger partial charge is 0.309 e. The van der Waals surface area contributed by atoms with Gasteiger partial charge < -0.3 is 44.1 Å². The third kappa shape index (κ3) is 6.01. The normalized spacial score (nSPS) is 48.3. The van der Waals surface area contributed by atoms with Crippen molar-refractivity contribution in [1.29, 1.82) is 0 Å². The number of carbonyl (C=O) groups excluding carboxylic acids is 3. The van der Waals surface area contributed by atoms with E-state index in [1.165, 1.54) is 6.92 Å². The number of fused-ring (bicyclic) bond motifs is 4. The summed E-state index contributed by atoms with van der Waals surface area (Å²) in [7, 11) is 0. The molecule has 3 heterocycles. The maximum Gasteiger partial charge on any atom is 0.309 e. The fourth-order valence-electron chi connectivity index (χ4n) is 12.4. The number of hydrogen-bond donors (Lipinski definition) is 4. The molecule has 4 N–H and O–H groups in total. The highest BCUT2D eigenvalue weighted by molar-refractivity contribution is 5.74. The highest BCUT2D eigenvalue weighted by Gasteiger charge is 2.71. The maximum absolute atomic E-state index is 13.1. The summed E-state index contributed by atoms with van der Waals surface area (Å²) in [4.78, 5) is 37.8. The number of rotatable bonds is 8. The molecule has 1 spiro atoms. The van der Waals surface area contributed by atoms with Crippen molar-refractivity contribution in [1.82, 2.24) is 0 Å². The van der Waals surface area contributed by atoms with Crippen molar-refractivity contribution in [3.63, 3.8) is 0 Å². The summed E-state index contributed by atoms with van der Waals surface area (Å²) in [6, 6.07) is 0. The van der Waals surface area contributed by atoms with Crippen molar-refractivity contribution in [3.8, 4) is 0 Å². The van der Waals surface area contributed by atoms with Gasteiger partial charge in [-0.1, -0.05) is 41.5 Å². The number of aliphatic hydroxyl groups excluding tert-OH is 4. The lowest BCUT2D eigenvalue weighted by Gasteiger charge is -2.70. The largest absolute Gasteiger partial charge is 0.465 e. The van der Waals surface area contributed by atoms with Crippen LogP contribution in [-0.2, 0) is 38.1 Å². The average molecular weight is 709 g/mol. The summed E-state index contributed by atoms with van der Waals surface area (Å²) < 4.78 is 29.8. The number of esters is 3. The predicted octanol–water partition coefficient (Wildman–Crippen LogP) is 3.28. The van der Waals surface area contributed by atoms with E-state index in [0.29, 0.717) is 32.3 Å². The molecule has 3 saturated carbocycles. The zero-order valence-electron chi connectivity index (χ0n) is 30.8. The molecule has 0 aromatic carbocycles. The molecule has 0 aromatic rings. The molecule has 0 bridgehead atoms. The Hall–Kier alpha value is -1.83. The van der Waals surface area contributed by atoms with Crippen molar-refractivity contribution in [2.24, 2.45) is 51.2 Å². The SMILES string of the molecule is CC(=O)O[C@@H](C[C@@H]1C[C@@H](C)C(=O)O1)[C@H](C)[C@H]1CC[C@@H]2[C@@]3(C)CC[C@H](O[C@@H]4O[C@H](CO)[C@@H](O)[C@H](O)[C@H]4O)C(C)(C)[C@H]3CC[C@@]2(C)[C@@]12COC(=O)C2. The van der Waals surface area contributed by atoms with Gasteiger partial charge in [-0.25, -0.2) is 0 Å². The lowest BCUT2D eigenvalue weighted by atomic mass is 9.34. The number of carbonyl (C=O) groups is 3. The minimum Gasteiger partial charge on any atom is -0.465 e. The zero-order valence-corrected chi connectivity index (χ0v) is 30.8. The Kier molecular flexibility index (Phi) is 10.3. The van der Waals surface area contributed by atoms with Crippen molar-refractivity contribution in [2.75, 3.05) is 13.2 Å². The first-order valence-electron chi connectivity index (χ1n) is 18.9. The summed E-state index contributed by atoms with van der Waals surface area (Å²) >= 11 is 0. The van der Waals surface area contributed by atoms with E-state index in [1.807, 2.05) is 6.92 Å². The lowest BCUT2D eigenvalue weighted by molar-refractivity contribution is -0.331. The highest BCUT2D eigenvalue weighted by atomic mass is 16.7. The molecule has 3 aliphatic carbocycles. The van der Waals surface area contributed by atoms with Crippen LogP contribution in [0.4, 0.5) is 0 Å². The minimum absolute atomic E-state index is 0.0492. The second-order valence-corrected chi connectivity index (χ2v) is 17.9. The molecule has 0 amide bonds. The van der Waals surface area contributed by atoms with Crippen LogP contribution in [0.25, 0.3) is 0 Å². The molecule has 12 nitrogen and oxygen atoms in total. The molecular weight excluding hydrogens is 648 g/mol. The van der Waals surface area contributed by atoms with Crippen LogP contribution in [0, 0.1) is 51.2 Å². The standard InChI is InChI=1S/C38H60O12/c1-19-14-22(48-33(19)45)15-24(47-21(3)40)20(2)23-8-9-27-36(6)12-11-28(50-34-32(44)31(43)30(42)25(17-39)49-34)35(4,5)26(36)10-13-37(27,7)38(23)16-29(41)46-18-38/h19-20,22-28,30-32,34,39,42-44H,8-18H2,1-7H3/t19-,20-,22+,23-,24+,25-,26-,27-,28+,30-,31+,32-,34+,36+,37-,38+/m1/s1. The van der Waals surface area contributed by atoms with Crippen LogP contribution in [-0.4, -0.2) is 101 Å². The highest BCUT2D eigenvalue weighted by Crippen LogP contribution is 2.74. The summed E-state index contributed by atoms with van der Waals surface area (Å²) in [5, 5.41) is 41.2. The quantitative estimate of drug-likeness (QED) is 0.165. The van der Waals surface area contributed by atoms with Gasteiger partial charge in [0.2, 0.25) is 0 Å². The topological polar surface area (TPSA) is 178 Å². The average Bonchev–Trinajstić information content (AvgIpc) is 3.59. The number of cyclic esters (lactones) is 2. The molecule has 16 atom stereocenters. The first kappa shape index (κ1) is 37.9. The van der Waals surface area contributed by atoms with Crippen LogP contribution in [0.1, 0.15) is 106 Å². The van der Waals surface area contributed by atoms with E-state index in [1.54, 1.807) is 0 Å². The Balaban J connectivity index is 1.26. The van der Waals surface area contributed by atoms with Crippen LogP contribution in [0.3, 0.4) is 0 Å². The fourth-order valence-corrected chi connectivity index (χ4v) is 12.4. The third-order valence-corrected chi connectivity index (χ3v) is 15.0. The van der Waals surface area contributed by atoms with Crippen LogP contribution in [0.2, 0.25) is 0 Å². The Morgan fingerprint density at radius 1 is 0.980 bits per heavy atom. The molecule has 6 fully saturated rings. The van der Waals surface area contributed by atoms with Crippen molar-refractivity contribution < 1.29 is 58.5 Å². The third-order valence-electron chi connectivity index (χ3n) is 15.0. The first-order valence-corrected chi connectivity index (χ1v) is 18.9. The molecule has 284 valence electrons.